The molecule has 1 atom stereocenters. The number of carbonyl (C=O) groups is 1. The number of benzene rings is 2. The molecule has 0 aliphatic rings. The van der Waals surface area contributed by atoms with Gasteiger partial charge < -0.3 is 5.32 Å². The number of nitrogens with one attached hydrogen (secondary N) is 1. The van der Waals surface area contributed by atoms with E-state index < -0.39 is 20.0 Å². The molecule has 0 aromatic heterocycles. The van der Waals surface area contributed by atoms with E-state index in [1.807, 2.05) is 0 Å². The molecule has 0 radical (unpaired) electrons. The molecule has 0 saturated heterocycles. The minimum atomic E-state index is -1.78. The molecule has 0 aliphatic carbocycles. The van der Waals surface area contributed by atoms with Gasteiger partial charge in [-0.1, -0.05) is 58.2 Å². The van der Waals surface area contributed by atoms with Gasteiger partial charge in [0, 0.05) is 27.6 Å². The van der Waals surface area contributed by atoms with Crippen LogP contribution in [0, 0.1) is 10.1 Å². The fraction of sp³-hybridized carbons (Fsp3) is 0.133. The van der Waals surface area contributed by atoms with Crippen molar-refractivity contribution >= 4 is 69.8 Å². The molecule has 2 aromatic carbocycles. The molecule has 0 fully saturated rings. The van der Waals surface area contributed by atoms with Gasteiger partial charge in [-0.15, -0.1) is 0 Å². The Kier molecular flexibility index (Phi) is 6.82. The number of nitrogens with zero attached hydrogens (tertiary/aromatic N) is 1. The average Bonchev–Trinajstić information content (AvgIpc) is 2.55. The Balaban J connectivity index is 2.14. The highest BCUT2D eigenvalue weighted by Crippen LogP contribution is 2.39. The molecule has 0 saturated carbocycles. The molecule has 2 rings (SSSR count). The van der Waals surface area contributed by atoms with E-state index in [0.717, 1.165) is 16.7 Å². The SMILES string of the molecule is O=C(N[C@H](Sc1ccc(Cl)cc1)C(Cl)(Cl)Cl)c1ccc([N+](=O)[O-])cc1. The van der Waals surface area contributed by atoms with Crippen molar-refractivity contribution < 1.29 is 9.72 Å². The fourth-order valence-corrected chi connectivity index (χ4v) is 3.32. The summed E-state index contributed by atoms with van der Waals surface area (Å²) in [7, 11) is 0. The van der Waals surface area contributed by atoms with E-state index in [0.29, 0.717) is 5.02 Å². The fourth-order valence-electron chi connectivity index (χ4n) is 1.76. The van der Waals surface area contributed by atoms with Crippen LogP contribution in [-0.2, 0) is 0 Å². The van der Waals surface area contributed by atoms with Crippen LogP contribution in [-0.4, -0.2) is 20.0 Å². The molecule has 0 heterocycles. The Morgan fingerprint density at radius 1 is 1.08 bits per heavy atom. The Hall–Kier alpha value is -1.18. The highest BCUT2D eigenvalue weighted by molar-refractivity contribution is 8.00. The van der Waals surface area contributed by atoms with Gasteiger partial charge in [0.15, 0.2) is 0 Å². The van der Waals surface area contributed by atoms with Crippen LogP contribution >= 0.6 is 58.2 Å². The third-order valence-corrected chi connectivity index (χ3v) is 5.51. The summed E-state index contributed by atoms with van der Waals surface area (Å²) in [5.41, 5.74) is 0.0894. The number of thioether (sulfide) groups is 1. The first-order valence-electron chi connectivity index (χ1n) is 6.71. The highest BCUT2D eigenvalue weighted by atomic mass is 35.6. The van der Waals surface area contributed by atoms with E-state index in [-0.39, 0.29) is 11.3 Å². The molecular weight excluding hydrogens is 430 g/mol. The number of alkyl halides is 3. The summed E-state index contributed by atoms with van der Waals surface area (Å²) >= 11 is 24.8. The van der Waals surface area contributed by atoms with Gasteiger partial charge in [0.25, 0.3) is 11.6 Å². The molecule has 0 spiro atoms. The first kappa shape index (κ1) is 20.1. The van der Waals surface area contributed by atoms with Crippen LogP contribution in [0.5, 0.6) is 0 Å². The van der Waals surface area contributed by atoms with Gasteiger partial charge in [-0.25, -0.2) is 0 Å². The quantitative estimate of drug-likeness (QED) is 0.220. The summed E-state index contributed by atoms with van der Waals surface area (Å²) in [4.78, 5) is 23.2. The maximum atomic E-state index is 12.3. The summed E-state index contributed by atoms with van der Waals surface area (Å²) in [6.45, 7) is 0. The number of amides is 1. The summed E-state index contributed by atoms with van der Waals surface area (Å²) in [6.07, 6.45) is 0. The monoisotopic (exact) mass is 438 g/mol. The Bertz CT molecular complexity index is 764. The number of nitro benzene ring substituents is 1. The summed E-state index contributed by atoms with van der Waals surface area (Å²) in [5, 5.41) is 12.9. The number of rotatable bonds is 5. The lowest BCUT2D eigenvalue weighted by molar-refractivity contribution is -0.384. The van der Waals surface area contributed by atoms with Crippen molar-refractivity contribution in [3.8, 4) is 0 Å². The number of carbonyl (C=O) groups excluding carboxylic acids is 1. The number of non-ortho nitro benzene ring substituents is 1. The number of hydrogen-bond acceptors (Lipinski definition) is 4. The van der Waals surface area contributed by atoms with Crippen LogP contribution in [0.25, 0.3) is 0 Å². The zero-order valence-electron chi connectivity index (χ0n) is 12.3. The average molecular weight is 440 g/mol. The number of hydrogen-bond donors (Lipinski definition) is 1. The Morgan fingerprint density at radius 2 is 1.64 bits per heavy atom. The molecule has 1 N–H and O–H groups in total. The number of halogens is 4. The van der Waals surface area contributed by atoms with E-state index in [9.17, 15) is 14.9 Å². The number of nitro groups is 1. The minimum absolute atomic E-state index is 0.120. The second-order valence-corrected chi connectivity index (χ2v) is 8.75. The van der Waals surface area contributed by atoms with Crippen LogP contribution in [0.1, 0.15) is 10.4 Å². The van der Waals surface area contributed by atoms with Crippen molar-refractivity contribution in [3.05, 3.63) is 69.2 Å². The van der Waals surface area contributed by atoms with Crippen LogP contribution < -0.4 is 5.32 Å². The maximum absolute atomic E-state index is 12.3. The molecule has 0 aliphatic heterocycles. The van der Waals surface area contributed by atoms with E-state index in [1.54, 1.807) is 24.3 Å². The molecule has 10 heteroatoms. The smallest absolute Gasteiger partial charge is 0.269 e. The van der Waals surface area contributed by atoms with E-state index in [1.165, 1.54) is 24.3 Å². The normalized spacial score (nSPS) is 12.5. The highest BCUT2D eigenvalue weighted by Gasteiger charge is 2.35. The van der Waals surface area contributed by atoms with Crippen LogP contribution in [0.15, 0.2) is 53.4 Å². The third-order valence-electron chi connectivity index (χ3n) is 2.97. The van der Waals surface area contributed by atoms with Gasteiger partial charge in [-0.05, 0) is 36.4 Å². The second kappa shape index (κ2) is 8.47. The van der Waals surface area contributed by atoms with Crippen molar-refractivity contribution in [1.29, 1.82) is 0 Å². The predicted octanol–water partition coefficient (Wildman–Crippen LogP) is 5.47. The largest absolute Gasteiger partial charge is 0.336 e. The van der Waals surface area contributed by atoms with Gasteiger partial charge in [-0.2, -0.15) is 0 Å². The first-order valence-corrected chi connectivity index (χ1v) is 9.10. The summed E-state index contributed by atoms with van der Waals surface area (Å²) in [6, 6.07) is 11.9. The van der Waals surface area contributed by atoms with Crippen LogP contribution in [0.2, 0.25) is 5.02 Å². The van der Waals surface area contributed by atoms with Crippen molar-refractivity contribution in [2.24, 2.45) is 0 Å². The van der Waals surface area contributed by atoms with Crippen LogP contribution in [0.3, 0.4) is 0 Å². The minimum Gasteiger partial charge on any atom is -0.336 e. The lowest BCUT2D eigenvalue weighted by Crippen LogP contribution is -2.41. The van der Waals surface area contributed by atoms with Gasteiger partial charge >= 0.3 is 0 Å². The lowest BCUT2D eigenvalue weighted by atomic mass is 10.2. The molecule has 0 bridgehead atoms. The zero-order chi connectivity index (χ0) is 18.6. The second-order valence-electron chi connectivity index (χ2n) is 4.77. The molecule has 25 heavy (non-hydrogen) atoms. The molecule has 5 nitrogen and oxygen atoms in total. The van der Waals surface area contributed by atoms with Crippen molar-refractivity contribution in [1.82, 2.24) is 5.32 Å². The van der Waals surface area contributed by atoms with Gasteiger partial charge in [-0.3, -0.25) is 14.9 Å². The van der Waals surface area contributed by atoms with Gasteiger partial charge in [0.2, 0.25) is 3.79 Å². The van der Waals surface area contributed by atoms with E-state index in [2.05, 4.69) is 5.32 Å². The molecular formula is C15H10Cl4N2O3S. The van der Waals surface area contributed by atoms with E-state index >= 15 is 0 Å². The molecule has 0 unspecified atom stereocenters. The van der Waals surface area contributed by atoms with Crippen molar-refractivity contribution in [2.45, 2.75) is 14.1 Å². The summed E-state index contributed by atoms with van der Waals surface area (Å²) < 4.78 is -1.78. The Labute approximate surface area is 167 Å². The van der Waals surface area contributed by atoms with Crippen molar-refractivity contribution in [2.75, 3.05) is 0 Å². The third kappa shape index (κ3) is 5.94. The molecule has 132 valence electrons. The van der Waals surface area contributed by atoms with Crippen molar-refractivity contribution in [3.63, 3.8) is 0 Å². The predicted molar refractivity (Wildman–Crippen MR) is 102 cm³/mol. The lowest BCUT2D eigenvalue weighted by Gasteiger charge is -2.25. The van der Waals surface area contributed by atoms with Crippen LogP contribution in [0.4, 0.5) is 5.69 Å². The zero-order valence-corrected chi connectivity index (χ0v) is 16.1. The molecule has 2 aromatic rings. The standard InChI is InChI=1S/C15H10Cl4N2O3S/c16-10-3-7-12(8-4-10)25-14(15(17,18)19)20-13(22)9-1-5-11(6-2-9)21(23)24/h1-8,14H,(H,20,22)/t14-/m1/s1. The maximum Gasteiger partial charge on any atom is 0.269 e. The molecule has 1 amide bonds. The van der Waals surface area contributed by atoms with E-state index in [4.69, 9.17) is 46.4 Å². The summed E-state index contributed by atoms with van der Waals surface area (Å²) in [5.74, 6) is -0.521. The van der Waals surface area contributed by atoms with Gasteiger partial charge in [0.1, 0.15) is 5.37 Å². The first-order chi connectivity index (χ1) is 11.7. The van der Waals surface area contributed by atoms with Gasteiger partial charge in [0.05, 0.1) is 4.92 Å². The topological polar surface area (TPSA) is 72.2 Å². The Morgan fingerprint density at radius 3 is 2.12 bits per heavy atom.